The van der Waals surface area contributed by atoms with E-state index >= 15 is 0 Å². The number of nitrogens with one attached hydrogen (secondary N) is 1. The molecule has 3 heterocycles. The molecule has 7 nitrogen and oxygen atoms in total. The summed E-state index contributed by atoms with van der Waals surface area (Å²) in [4.78, 5) is 10.8. The van der Waals surface area contributed by atoms with Gasteiger partial charge in [-0.25, -0.2) is 0 Å². The summed E-state index contributed by atoms with van der Waals surface area (Å²) in [7, 11) is 0. The lowest BCUT2D eigenvalue weighted by Crippen LogP contribution is -2.74. The van der Waals surface area contributed by atoms with Gasteiger partial charge in [-0.2, -0.15) is 0 Å². The van der Waals surface area contributed by atoms with Crippen molar-refractivity contribution in [1.29, 1.82) is 0 Å². The zero-order valence-electron chi connectivity index (χ0n) is 21.3. The van der Waals surface area contributed by atoms with Crippen molar-refractivity contribution in [3.8, 4) is 11.5 Å². The number of nitrogens with two attached hydrogens (primary N) is 1. The molecule has 3 aromatic rings. The Morgan fingerprint density at radius 3 is 2.95 bits per heavy atom. The van der Waals surface area contributed by atoms with E-state index in [0.717, 1.165) is 71.6 Å². The number of rotatable bonds is 5. The molecule has 7 heteroatoms. The van der Waals surface area contributed by atoms with Crippen LogP contribution in [0.1, 0.15) is 66.7 Å². The highest BCUT2D eigenvalue weighted by Crippen LogP contribution is 2.69. The fraction of sp³-hybridized carbons (Fsp3) is 0.500. The van der Waals surface area contributed by atoms with Crippen LogP contribution in [0.3, 0.4) is 0 Å². The maximum atomic E-state index is 13.0. The number of fused-ring (bicyclic) bond motifs is 4. The number of phenols is 1. The van der Waals surface area contributed by atoms with Gasteiger partial charge < -0.3 is 25.7 Å². The third kappa shape index (κ3) is 2.76. The van der Waals surface area contributed by atoms with Crippen LogP contribution in [0.4, 0.5) is 0 Å². The number of piperidine rings is 1. The van der Waals surface area contributed by atoms with Gasteiger partial charge in [-0.15, -0.1) is 0 Å². The predicted octanol–water partition coefficient (Wildman–Crippen LogP) is 3.84. The SMILES string of the molecule is CCC(N)=NCc1ccc2[nH]c3c(c2c1)C[C@@]1(O)[C@H]2Cc4ccc(O)c5c4[C@@]1(CCN2CC1CC1)C3O5. The molecule has 2 bridgehead atoms. The smallest absolute Gasteiger partial charge is 0.166 e. The molecular weight excluding hydrogens is 464 g/mol. The van der Waals surface area contributed by atoms with E-state index in [1.807, 2.05) is 6.92 Å². The number of aliphatic imine (C=N–C) groups is 1. The molecule has 1 aromatic heterocycles. The first-order valence-electron chi connectivity index (χ1n) is 13.8. The van der Waals surface area contributed by atoms with Crippen molar-refractivity contribution in [3.05, 3.63) is 58.3 Å². The van der Waals surface area contributed by atoms with E-state index in [4.69, 9.17) is 10.5 Å². The van der Waals surface area contributed by atoms with E-state index in [1.54, 1.807) is 6.07 Å². The number of aromatic hydroxyl groups is 1. The Bertz CT molecular complexity index is 1490. The number of hydrogen-bond acceptors (Lipinski definition) is 5. The number of ether oxygens (including phenoxy) is 1. The number of nitrogens with zero attached hydrogens (tertiary/aromatic N) is 2. The summed E-state index contributed by atoms with van der Waals surface area (Å²) < 4.78 is 6.68. The van der Waals surface area contributed by atoms with E-state index in [2.05, 4.69) is 39.1 Å². The lowest BCUT2D eigenvalue weighted by atomic mass is 9.49. The van der Waals surface area contributed by atoms with Gasteiger partial charge in [0.2, 0.25) is 0 Å². The Morgan fingerprint density at radius 2 is 2.14 bits per heavy atom. The lowest BCUT2D eigenvalue weighted by molar-refractivity contribution is -0.173. The van der Waals surface area contributed by atoms with Gasteiger partial charge in [-0.1, -0.05) is 19.1 Å². The minimum absolute atomic E-state index is 0.0335. The quantitative estimate of drug-likeness (QED) is 0.316. The highest BCUT2D eigenvalue weighted by atomic mass is 16.5. The maximum Gasteiger partial charge on any atom is 0.166 e. The number of H-pyrrole nitrogens is 1. The van der Waals surface area contributed by atoms with E-state index in [9.17, 15) is 10.2 Å². The van der Waals surface area contributed by atoms with Crippen LogP contribution < -0.4 is 10.5 Å². The monoisotopic (exact) mass is 498 g/mol. The van der Waals surface area contributed by atoms with Gasteiger partial charge in [-0.3, -0.25) is 9.89 Å². The third-order valence-corrected chi connectivity index (χ3v) is 10.1. The maximum absolute atomic E-state index is 13.0. The molecule has 2 aromatic carbocycles. The first-order valence-corrected chi connectivity index (χ1v) is 13.8. The topological polar surface area (TPSA) is 107 Å². The van der Waals surface area contributed by atoms with Crippen LogP contribution in [0.15, 0.2) is 35.3 Å². The number of benzene rings is 2. The zero-order chi connectivity index (χ0) is 25.1. The average molecular weight is 499 g/mol. The Kier molecular flexibility index (Phi) is 4.34. The molecule has 5 N–H and O–H groups in total. The molecule has 8 rings (SSSR count). The molecule has 0 amide bonds. The average Bonchev–Trinajstić information content (AvgIpc) is 3.54. The van der Waals surface area contributed by atoms with Crippen LogP contribution in [0.25, 0.3) is 10.9 Å². The second-order valence-corrected chi connectivity index (χ2v) is 12.0. The van der Waals surface area contributed by atoms with Crippen molar-refractivity contribution in [1.82, 2.24) is 9.88 Å². The highest BCUT2D eigenvalue weighted by Gasteiger charge is 2.72. The van der Waals surface area contributed by atoms with Crippen molar-refractivity contribution in [2.24, 2.45) is 16.6 Å². The summed E-state index contributed by atoms with van der Waals surface area (Å²) >= 11 is 0. The number of hydrogen-bond donors (Lipinski definition) is 4. The minimum Gasteiger partial charge on any atom is -0.504 e. The van der Waals surface area contributed by atoms with Gasteiger partial charge in [0.1, 0.15) is 0 Å². The van der Waals surface area contributed by atoms with Gasteiger partial charge in [0.05, 0.1) is 29.1 Å². The molecule has 3 aliphatic carbocycles. The normalized spacial score (nSPS) is 31.8. The molecule has 2 aliphatic heterocycles. The fourth-order valence-corrected chi connectivity index (χ4v) is 8.07. The first kappa shape index (κ1) is 22.0. The van der Waals surface area contributed by atoms with E-state index < -0.39 is 11.0 Å². The van der Waals surface area contributed by atoms with Crippen LogP contribution in [0, 0.1) is 5.92 Å². The summed E-state index contributed by atoms with van der Waals surface area (Å²) in [6.45, 7) is 4.58. The molecule has 0 radical (unpaired) electrons. The number of aliphatic hydroxyl groups is 1. The van der Waals surface area contributed by atoms with Gasteiger partial charge in [0.25, 0.3) is 0 Å². The van der Waals surface area contributed by atoms with Gasteiger partial charge in [-0.05, 0) is 73.0 Å². The molecule has 192 valence electrons. The van der Waals surface area contributed by atoms with Crippen molar-refractivity contribution < 1.29 is 14.9 Å². The van der Waals surface area contributed by atoms with Crippen molar-refractivity contribution in [2.45, 2.75) is 75.2 Å². The van der Waals surface area contributed by atoms with Crippen LogP contribution in [-0.2, 0) is 24.8 Å². The minimum atomic E-state index is -0.972. The van der Waals surface area contributed by atoms with E-state index in [1.165, 1.54) is 18.4 Å². The van der Waals surface area contributed by atoms with E-state index in [0.29, 0.717) is 24.6 Å². The molecule has 37 heavy (non-hydrogen) atoms. The number of amidine groups is 1. The summed E-state index contributed by atoms with van der Waals surface area (Å²) in [6, 6.07) is 10.3. The zero-order valence-corrected chi connectivity index (χ0v) is 21.3. The van der Waals surface area contributed by atoms with Crippen LogP contribution >= 0.6 is 0 Å². The standard InChI is InChI=1S/C30H34N4O3/c1-2-24(31)32-14-17-5-7-21-19(11-17)20-13-30(36)23-12-18-6-8-22(35)27-25(18)29(30,28(37-27)26(20)33-21)9-10-34(23)15-16-3-4-16/h5-8,11,16,23,28,33,35-36H,2-4,9-10,12-15H2,1H3,(H2,31,32)/t23-,28?,29+,30-/m1/s1. The third-order valence-electron chi connectivity index (χ3n) is 10.1. The fourth-order valence-electron chi connectivity index (χ4n) is 8.07. The van der Waals surface area contributed by atoms with Gasteiger partial charge in [0, 0.05) is 41.9 Å². The Labute approximate surface area is 216 Å². The molecule has 5 aliphatic rings. The van der Waals surface area contributed by atoms with Crippen molar-refractivity contribution >= 4 is 16.7 Å². The summed E-state index contributed by atoms with van der Waals surface area (Å²) in [5.74, 6) is 2.17. The van der Waals surface area contributed by atoms with Crippen LogP contribution in [-0.4, -0.2) is 50.7 Å². The molecule has 1 spiro atoms. The first-order chi connectivity index (χ1) is 17.9. The van der Waals surface area contributed by atoms with Crippen LogP contribution in [0.5, 0.6) is 11.5 Å². The second kappa shape index (κ2) is 7.29. The lowest BCUT2D eigenvalue weighted by Gasteiger charge is -2.62. The Balaban J connectivity index is 1.32. The molecule has 1 saturated carbocycles. The summed E-state index contributed by atoms with van der Waals surface area (Å²) in [5.41, 5.74) is 11.1. The van der Waals surface area contributed by atoms with E-state index in [-0.39, 0.29) is 17.9 Å². The van der Waals surface area contributed by atoms with Gasteiger partial charge in [0.15, 0.2) is 17.6 Å². The predicted molar refractivity (Wildman–Crippen MR) is 142 cm³/mol. The van der Waals surface area contributed by atoms with Crippen molar-refractivity contribution in [2.75, 3.05) is 13.1 Å². The molecule has 1 saturated heterocycles. The molecule has 1 unspecified atom stereocenters. The van der Waals surface area contributed by atoms with Gasteiger partial charge >= 0.3 is 0 Å². The second-order valence-electron chi connectivity index (χ2n) is 12.0. The summed E-state index contributed by atoms with van der Waals surface area (Å²) in [5, 5.41) is 24.9. The van der Waals surface area contributed by atoms with Crippen molar-refractivity contribution in [3.63, 3.8) is 0 Å². The number of aromatic nitrogens is 1. The number of likely N-dealkylation sites (tertiary alicyclic amines) is 1. The Morgan fingerprint density at radius 1 is 1.27 bits per heavy atom. The summed E-state index contributed by atoms with van der Waals surface area (Å²) in [6.07, 6.45) is 5.18. The highest BCUT2D eigenvalue weighted by molar-refractivity contribution is 5.87. The van der Waals surface area contributed by atoms with Crippen LogP contribution in [0.2, 0.25) is 0 Å². The molecule has 2 fully saturated rings. The molecular formula is C30H34N4O3. The number of phenolic OH excluding ortho intramolecular Hbond substituents is 1. The molecule has 4 atom stereocenters. The number of aromatic amines is 1. The Hall–Kier alpha value is -3.03. The largest absolute Gasteiger partial charge is 0.504 e.